The second kappa shape index (κ2) is 5.40. The van der Waals surface area contributed by atoms with Crippen LogP contribution in [-0.4, -0.2) is 18.2 Å². The van der Waals surface area contributed by atoms with E-state index in [-0.39, 0.29) is 6.10 Å². The van der Waals surface area contributed by atoms with Gasteiger partial charge < -0.3 is 10.1 Å². The highest BCUT2D eigenvalue weighted by atomic mass is 35.5. The van der Waals surface area contributed by atoms with E-state index in [0.29, 0.717) is 22.7 Å². The summed E-state index contributed by atoms with van der Waals surface area (Å²) in [4.78, 5) is 0. The second-order valence-electron chi connectivity index (χ2n) is 5.46. The standard InChI is InChI=1S/C15H17ClN2O/c16-15-8-13(5-4-10(15)9-17)19-14-6-11-2-1-3-12(7-14)18-11/h4-5,8,11-12,14,18H,1-3,6-7H2/t11-,12+,14-. The third kappa shape index (κ3) is 2.86. The maximum absolute atomic E-state index is 8.86. The Morgan fingerprint density at radius 2 is 2.00 bits per heavy atom. The Balaban J connectivity index is 1.68. The van der Waals surface area contributed by atoms with Crippen LogP contribution in [0, 0.1) is 11.3 Å². The molecule has 100 valence electrons. The molecule has 0 aromatic heterocycles. The fourth-order valence-corrected chi connectivity index (χ4v) is 3.37. The molecule has 0 spiro atoms. The SMILES string of the molecule is N#Cc1ccc(O[C@@H]2C[C@H]3CCC[C@@H](C2)N3)cc1Cl. The summed E-state index contributed by atoms with van der Waals surface area (Å²) < 4.78 is 6.04. The third-order valence-electron chi connectivity index (χ3n) is 4.04. The van der Waals surface area contributed by atoms with Gasteiger partial charge >= 0.3 is 0 Å². The van der Waals surface area contributed by atoms with Gasteiger partial charge in [-0.05, 0) is 37.8 Å². The zero-order valence-corrected chi connectivity index (χ0v) is 11.5. The quantitative estimate of drug-likeness (QED) is 0.902. The summed E-state index contributed by atoms with van der Waals surface area (Å²) in [5.41, 5.74) is 0.496. The van der Waals surface area contributed by atoms with E-state index in [4.69, 9.17) is 21.6 Å². The summed E-state index contributed by atoms with van der Waals surface area (Å²) in [5, 5.41) is 13.0. The van der Waals surface area contributed by atoms with Crippen molar-refractivity contribution in [1.82, 2.24) is 5.32 Å². The van der Waals surface area contributed by atoms with Crippen molar-refractivity contribution in [2.75, 3.05) is 0 Å². The number of nitriles is 1. The molecule has 0 aliphatic carbocycles. The number of benzene rings is 1. The molecular formula is C15H17ClN2O. The van der Waals surface area contributed by atoms with Crippen molar-refractivity contribution in [3.05, 3.63) is 28.8 Å². The van der Waals surface area contributed by atoms with Gasteiger partial charge in [-0.15, -0.1) is 0 Å². The number of nitrogens with zero attached hydrogens (tertiary/aromatic N) is 1. The Bertz CT molecular complexity index is 499. The highest BCUT2D eigenvalue weighted by Crippen LogP contribution is 2.30. The van der Waals surface area contributed by atoms with Gasteiger partial charge in [-0.1, -0.05) is 18.0 Å². The topological polar surface area (TPSA) is 45.0 Å². The highest BCUT2D eigenvalue weighted by molar-refractivity contribution is 6.31. The van der Waals surface area contributed by atoms with Gasteiger partial charge in [0.1, 0.15) is 17.9 Å². The van der Waals surface area contributed by atoms with Crippen molar-refractivity contribution in [2.45, 2.75) is 50.3 Å². The fraction of sp³-hybridized carbons (Fsp3) is 0.533. The largest absolute Gasteiger partial charge is 0.490 e. The van der Waals surface area contributed by atoms with Crippen LogP contribution in [0.3, 0.4) is 0 Å². The lowest BCUT2D eigenvalue weighted by molar-refractivity contribution is 0.0927. The van der Waals surface area contributed by atoms with Crippen LogP contribution in [0.2, 0.25) is 5.02 Å². The Kier molecular flexibility index (Phi) is 3.63. The molecule has 2 aliphatic rings. The monoisotopic (exact) mass is 276 g/mol. The van der Waals surface area contributed by atoms with Crippen LogP contribution in [0.5, 0.6) is 5.75 Å². The van der Waals surface area contributed by atoms with Gasteiger partial charge in [0.05, 0.1) is 10.6 Å². The Hall–Kier alpha value is -1.24. The molecular weight excluding hydrogens is 260 g/mol. The van der Waals surface area contributed by atoms with Crippen LogP contribution < -0.4 is 10.1 Å². The summed E-state index contributed by atoms with van der Waals surface area (Å²) in [6.45, 7) is 0. The smallest absolute Gasteiger partial charge is 0.121 e. The van der Waals surface area contributed by atoms with E-state index in [9.17, 15) is 0 Å². The molecule has 2 bridgehead atoms. The molecule has 0 amide bonds. The van der Waals surface area contributed by atoms with Crippen molar-refractivity contribution in [2.24, 2.45) is 0 Å². The van der Waals surface area contributed by atoms with Crippen LogP contribution in [0.4, 0.5) is 0 Å². The van der Waals surface area contributed by atoms with Gasteiger partial charge in [0.2, 0.25) is 0 Å². The van der Waals surface area contributed by atoms with Crippen LogP contribution >= 0.6 is 11.6 Å². The molecule has 19 heavy (non-hydrogen) atoms. The van der Waals surface area contributed by atoms with Crippen molar-refractivity contribution in [1.29, 1.82) is 5.26 Å². The lowest BCUT2D eigenvalue weighted by Gasteiger charge is -2.40. The fourth-order valence-electron chi connectivity index (χ4n) is 3.16. The molecule has 0 unspecified atom stereocenters. The van der Waals surface area contributed by atoms with Gasteiger partial charge in [0.15, 0.2) is 0 Å². The molecule has 0 saturated carbocycles. The summed E-state index contributed by atoms with van der Waals surface area (Å²) >= 11 is 6.03. The summed E-state index contributed by atoms with van der Waals surface area (Å²) in [7, 11) is 0. The second-order valence-corrected chi connectivity index (χ2v) is 5.86. The molecule has 1 aromatic carbocycles. The van der Waals surface area contributed by atoms with Crippen LogP contribution in [0.25, 0.3) is 0 Å². The van der Waals surface area contributed by atoms with Crippen molar-refractivity contribution < 1.29 is 4.74 Å². The first-order valence-corrected chi connectivity index (χ1v) is 7.25. The van der Waals surface area contributed by atoms with Gasteiger partial charge in [0.25, 0.3) is 0 Å². The molecule has 3 rings (SSSR count). The van der Waals surface area contributed by atoms with Crippen LogP contribution in [0.15, 0.2) is 18.2 Å². The lowest BCUT2D eigenvalue weighted by atomic mass is 9.85. The van der Waals surface area contributed by atoms with Crippen LogP contribution in [-0.2, 0) is 0 Å². The predicted molar refractivity (Wildman–Crippen MR) is 74.4 cm³/mol. The molecule has 2 fully saturated rings. The maximum atomic E-state index is 8.86. The van der Waals surface area contributed by atoms with E-state index in [1.807, 2.05) is 6.07 Å². The number of hydrogen-bond donors (Lipinski definition) is 1. The minimum Gasteiger partial charge on any atom is -0.490 e. The maximum Gasteiger partial charge on any atom is 0.121 e. The number of nitrogens with one attached hydrogen (secondary N) is 1. The molecule has 1 N–H and O–H groups in total. The first-order valence-electron chi connectivity index (χ1n) is 6.87. The van der Waals surface area contributed by atoms with E-state index in [1.165, 1.54) is 19.3 Å². The average molecular weight is 277 g/mol. The molecule has 3 atom stereocenters. The summed E-state index contributed by atoms with van der Waals surface area (Å²) in [6.07, 6.45) is 6.23. The molecule has 2 saturated heterocycles. The predicted octanol–water partition coefficient (Wildman–Crippen LogP) is 3.26. The van der Waals surface area contributed by atoms with Crippen molar-refractivity contribution in [3.63, 3.8) is 0 Å². The number of hydrogen-bond acceptors (Lipinski definition) is 3. The number of piperidine rings is 2. The van der Waals surface area contributed by atoms with E-state index in [2.05, 4.69) is 11.4 Å². The Morgan fingerprint density at radius 3 is 2.63 bits per heavy atom. The summed E-state index contributed by atoms with van der Waals surface area (Å²) in [6, 6.07) is 8.57. The van der Waals surface area contributed by atoms with Gasteiger partial charge in [-0.25, -0.2) is 0 Å². The highest BCUT2D eigenvalue weighted by Gasteiger charge is 2.32. The van der Waals surface area contributed by atoms with E-state index in [1.54, 1.807) is 12.1 Å². The van der Waals surface area contributed by atoms with Gasteiger partial charge in [0, 0.05) is 18.2 Å². The van der Waals surface area contributed by atoms with Crippen LogP contribution in [0.1, 0.15) is 37.7 Å². The molecule has 0 radical (unpaired) electrons. The number of rotatable bonds is 2. The Morgan fingerprint density at radius 1 is 1.26 bits per heavy atom. The van der Waals surface area contributed by atoms with E-state index >= 15 is 0 Å². The Labute approximate surface area is 118 Å². The zero-order chi connectivity index (χ0) is 13.2. The first-order chi connectivity index (χ1) is 9.24. The summed E-state index contributed by atoms with van der Waals surface area (Å²) in [5.74, 6) is 0.772. The molecule has 4 heteroatoms. The molecule has 2 heterocycles. The normalized spacial score (nSPS) is 29.6. The minimum absolute atomic E-state index is 0.264. The molecule has 1 aromatic rings. The number of halogens is 1. The first kappa shape index (κ1) is 12.8. The van der Waals surface area contributed by atoms with Crippen molar-refractivity contribution in [3.8, 4) is 11.8 Å². The van der Waals surface area contributed by atoms with E-state index < -0.39 is 0 Å². The zero-order valence-electron chi connectivity index (χ0n) is 10.7. The van der Waals surface area contributed by atoms with Gasteiger partial charge in [-0.3, -0.25) is 0 Å². The average Bonchev–Trinajstić information content (AvgIpc) is 2.38. The lowest BCUT2D eigenvalue weighted by Crippen LogP contribution is -2.51. The van der Waals surface area contributed by atoms with Crippen molar-refractivity contribution >= 4 is 11.6 Å². The van der Waals surface area contributed by atoms with E-state index in [0.717, 1.165) is 18.6 Å². The minimum atomic E-state index is 0.264. The van der Waals surface area contributed by atoms with Gasteiger partial charge in [-0.2, -0.15) is 5.26 Å². The third-order valence-corrected chi connectivity index (χ3v) is 4.35. The molecule has 2 aliphatic heterocycles. The number of fused-ring (bicyclic) bond motifs is 2. The molecule has 3 nitrogen and oxygen atoms in total. The number of ether oxygens (including phenoxy) is 1.